The fraction of sp³-hybridized carbons (Fsp3) is 0.486. The van der Waals surface area contributed by atoms with Gasteiger partial charge in [0.2, 0.25) is 0 Å². The van der Waals surface area contributed by atoms with Gasteiger partial charge in [0.15, 0.2) is 0 Å². The molecule has 0 amide bonds. The van der Waals surface area contributed by atoms with E-state index in [1.165, 1.54) is 16.8 Å². The van der Waals surface area contributed by atoms with Gasteiger partial charge in [-0.2, -0.15) is 0 Å². The number of benzene rings is 3. The molecule has 2 fully saturated rings. The molecule has 4 atom stereocenters. The maximum absolute atomic E-state index is 6.59. The highest BCUT2D eigenvalue weighted by molar-refractivity contribution is 5.61. The van der Waals surface area contributed by atoms with Crippen molar-refractivity contribution in [2.45, 2.75) is 57.0 Å². The van der Waals surface area contributed by atoms with Gasteiger partial charge in [0.1, 0.15) is 24.2 Å². The summed E-state index contributed by atoms with van der Waals surface area (Å²) in [4.78, 5) is 4.85. The first kappa shape index (κ1) is 28.8. The van der Waals surface area contributed by atoms with Gasteiger partial charge in [0.05, 0.1) is 31.5 Å². The van der Waals surface area contributed by atoms with Crippen LogP contribution in [-0.2, 0) is 16.1 Å². The molecule has 0 aromatic heterocycles. The van der Waals surface area contributed by atoms with E-state index in [-0.39, 0.29) is 12.2 Å². The standard InChI is InChI=1S/C35H45N3O4/c1-26-21-31(24-38(26)29-7-4-3-5-8-29)42-30-12-10-28(11-13-30)32-15-16-36-23-35(32)41-25-27-9-14-34-33(22-27)37(18-20-40-34)17-6-19-39-2/h3-5,7-14,22,26,31-32,35-36H,6,15-21,23-25H2,1-2H3/t26-,31-,32+,35-/m0/s1. The average molecular weight is 572 g/mol. The minimum Gasteiger partial charge on any atom is -0.490 e. The van der Waals surface area contributed by atoms with Crippen LogP contribution in [-0.4, -0.2) is 71.3 Å². The van der Waals surface area contributed by atoms with Crippen molar-refractivity contribution in [3.8, 4) is 11.5 Å². The molecule has 0 spiro atoms. The van der Waals surface area contributed by atoms with E-state index >= 15 is 0 Å². The van der Waals surface area contributed by atoms with Crippen molar-refractivity contribution in [2.24, 2.45) is 0 Å². The molecule has 42 heavy (non-hydrogen) atoms. The maximum Gasteiger partial charge on any atom is 0.142 e. The molecule has 7 nitrogen and oxygen atoms in total. The Morgan fingerprint density at radius 1 is 1.02 bits per heavy atom. The smallest absolute Gasteiger partial charge is 0.142 e. The molecule has 3 aliphatic rings. The van der Waals surface area contributed by atoms with E-state index in [9.17, 15) is 0 Å². The van der Waals surface area contributed by atoms with Gasteiger partial charge in [-0.1, -0.05) is 36.4 Å². The minimum atomic E-state index is 0.116. The van der Waals surface area contributed by atoms with Gasteiger partial charge in [0.25, 0.3) is 0 Å². The first-order valence-corrected chi connectivity index (χ1v) is 15.6. The number of methoxy groups -OCH3 is 1. The van der Waals surface area contributed by atoms with Crippen LogP contribution < -0.4 is 24.6 Å². The van der Waals surface area contributed by atoms with Crippen LogP contribution in [0.2, 0.25) is 0 Å². The molecule has 7 heteroatoms. The van der Waals surface area contributed by atoms with Gasteiger partial charge in [0, 0.05) is 50.9 Å². The predicted molar refractivity (Wildman–Crippen MR) is 168 cm³/mol. The molecule has 2 saturated heterocycles. The van der Waals surface area contributed by atoms with Crippen LogP contribution in [0.5, 0.6) is 11.5 Å². The van der Waals surface area contributed by atoms with Crippen molar-refractivity contribution >= 4 is 11.4 Å². The number of fused-ring (bicyclic) bond motifs is 1. The Morgan fingerprint density at radius 2 is 1.88 bits per heavy atom. The van der Waals surface area contributed by atoms with Crippen LogP contribution in [0.3, 0.4) is 0 Å². The lowest BCUT2D eigenvalue weighted by atomic mass is 9.87. The molecule has 6 rings (SSSR count). The van der Waals surface area contributed by atoms with Crippen LogP contribution in [0, 0.1) is 0 Å². The molecule has 0 aliphatic carbocycles. The summed E-state index contributed by atoms with van der Waals surface area (Å²) < 4.78 is 24.2. The number of hydrogen-bond acceptors (Lipinski definition) is 7. The first-order chi connectivity index (χ1) is 20.7. The largest absolute Gasteiger partial charge is 0.490 e. The van der Waals surface area contributed by atoms with Gasteiger partial charge in [-0.3, -0.25) is 0 Å². The third-order valence-electron chi connectivity index (χ3n) is 8.89. The predicted octanol–water partition coefficient (Wildman–Crippen LogP) is 5.63. The highest BCUT2D eigenvalue weighted by atomic mass is 16.5. The quantitative estimate of drug-likeness (QED) is 0.300. The maximum atomic E-state index is 6.59. The summed E-state index contributed by atoms with van der Waals surface area (Å²) in [6.07, 6.45) is 3.40. The fourth-order valence-electron chi connectivity index (χ4n) is 6.66. The van der Waals surface area contributed by atoms with E-state index in [1.54, 1.807) is 7.11 Å². The van der Waals surface area contributed by atoms with Crippen LogP contribution in [0.15, 0.2) is 72.8 Å². The molecule has 3 aliphatic heterocycles. The average Bonchev–Trinajstić information content (AvgIpc) is 3.40. The molecule has 1 N–H and O–H groups in total. The fourth-order valence-corrected chi connectivity index (χ4v) is 6.66. The van der Waals surface area contributed by atoms with Crippen LogP contribution in [0.25, 0.3) is 0 Å². The number of rotatable bonds is 11. The normalized spacial score (nSPS) is 23.9. The van der Waals surface area contributed by atoms with E-state index in [0.717, 1.165) is 82.4 Å². The van der Waals surface area contributed by atoms with E-state index in [1.807, 2.05) is 0 Å². The van der Waals surface area contributed by atoms with Crippen molar-refractivity contribution in [3.63, 3.8) is 0 Å². The van der Waals surface area contributed by atoms with Gasteiger partial charge < -0.3 is 34.1 Å². The van der Waals surface area contributed by atoms with Crippen LogP contribution >= 0.6 is 0 Å². The summed E-state index contributed by atoms with van der Waals surface area (Å²) in [6.45, 7) is 9.01. The summed E-state index contributed by atoms with van der Waals surface area (Å²) in [7, 11) is 1.76. The molecule has 0 saturated carbocycles. The van der Waals surface area contributed by atoms with E-state index in [0.29, 0.717) is 18.6 Å². The molecule has 224 valence electrons. The Bertz CT molecular complexity index is 1270. The third-order valence-corrected chi connectivity index (χ3v) is 8.89. The number of hydrogen-bond donors (Lipinski definition) is 1. The lowest BCUT2D eigenvalue weighted by Gasteiger charge is -2.33. The monoisotopic (exact) mass is 571 g/mol. The Labute approximate surface area is 250 Å². The molecular formula is C35H45N3O4. The Balaban J connectivity index is 1.06. The van der Waals surface area contributed by atoms with Gasteiger partial charge in [-0.15, -0.1) is 0 Å². The number of para-hydroxylation sites is 1. The number of anilines is 2. The molecular weight excluding hydrogens is 526 g/mol. The van der Waals surface area contributed by atoms with Crippen molar-refractivity contribution in [1.29, 1.82) is 0 Å². The van der Waals surface area contributed by atoms with Crippen LogP contribution in [0.4, 0.5) is 11.4 Å². The summed E-state index contributed by atoms with van der Waals surface area (Å²) in [6, 6.07) is 26.3. The lowest BCUT2D eigenvalue weighted by Crippen LogP contribution is -2.41. The molecule has 0 bridgehead atoms. The van der Waals surface area contributed by atoms with E-state index in [2.05, 4.69) is 94.8 Å². The topological polar surface area (TPSA) is 55.4 Å². The van der Waals surface area contributed by atoms with Crippen molar-refractivity contribution in [2.75, 3.05) is 62.8 Å². The number of nitrogens with zero attached hydrogens (tertiary/aromatic N) is 2. The van der Waals surface area contributed by atoms with E-state index in [4.69, 9.17) is 18.9 Å². The Hall–Kier alpha value is -3.26. The lowest BCUT2D eigenvalue weighted by molar-refractivity contribution is 0.0106. The highest BCUT2D eigenvalue weighted by Crippen LogP contribution is 2.35. The second-order valence-electron chi connectivity index (χ2n) is 11.8. The van der Waals surface area contributed by atoms with Gasteiger partial charge in [-0.05, 0) is 73.8 Å². The first-order valence-electron chi connectivity index (χ1n) is 15.6. The minimum absolute atomic E-state index is 0.116. The molecule has 0 unspecified atom stereocenters. The van der Waals surface area contributed by atoms with Crippen molar-refractivity contribution < 1.29 is 18.9 Å². The number of piperidine rings is 1. The van der Waals surface area contributed by atoms with Crippen molar-refractivity contribution in [3.05, 3.63) is 83.9 Å². The second kappa shape index (κ2) is 13.8. The van der Waals surface area contributed by atoms with E-state index < -0.39 is 0 Å². The zero-order valence-electron chi connectivity index (χ0n) is 25.0. The molecule has 3 heterocycles. The Kier molecular flexibility index (Phi) is 9.48. The second-order valence-corrected chi connectivity index (χ2v) is 11.8. The molecule has 3 aromatic rings. The summed E-state index contributed by atoms with van der Waals surface area (Å²) in [5, 5.41) is 3.54. The molecule has 0 radical (unpaired) electrons. The molecule has 3 aromatic carbocycles. The number of ether oxygens (including phenoxy) is 4. The summed E-state index contributed by atoms with van der Waals surface area (Å²) >= 11 is 0. The van der Waals surface area contributed by atoms with Crippen LogP contribution in [0.1, 0.15) is 43.2 Å². The number of nitrogens with one attached hydrogen (secondary N) is 1. The van der Waals surface area contributed by atoms with Gasteiger partial charge >= 0.3 is 0 Å². The summed E-state index contributed by atoms with van der Waals surface area (Å²) in [5.74, 6) is 2.26. The Morgan fingerprint density at radius 3 is 2.71 bits per heavy atom. The highest BCUT2D eigenvalue weighted by Gasteiger charge is 2.31. The zero-order chi connectivity index (χ0) is 28.7. The zero-order valence-corrected chi connectivity index (χ0v) is 25.0. The summed E-state index contributed by atoms with van der Waals surface area (Å²) in [5.41, 5.74) is 4.93. The van der Waals surface area contributed by atoms with Crippen molar-refractivity contribution in [1.82, 2.24) is 5.32 Å². The third kappa shape index (κ3) is 6.86. The SMILES string of the molecule is COCCCN1CCOc2ccc(CO[C@H]3CNCC[C@@H]3c3ccc(O[C@H]4C[C@H](C)N(c5ccccc5)C4)cc3)cc21. The van der Waals surface area contributed by atoms with Gasteiger partial charge in [-0.25, -0.2) is 0 Å².